The molecule has 0 aliphatic carbocycles. The van der Waals surface area contributed by atoms with Crippen molar-refractivity contribution < 1.29 is 19.1 Å². The number of thiophene rings is 1. The van der Waals surface area contributed by atoms with Crippen LogP contribution in [0.15, 0.2) is 46.3 Å². The number of hydrogen-bond donors (Lipinski definition) is 0. The summed E-state index contributed by atoms with van der Waals surface area (Å²) in [5, 5.41) is 0. The van der Waals surface area contributed by atoms with E-state index in [0.29, 0.717) is 18.0 Å². The third kappa shape index (κ3) is 4.55. The van der Waals surface area contributed by atoms with Gasteiger partial charge in [-0.3, -0.25) is 14.4 Å². The first kappa shape index (κ1) is 17.8. The molecule has 0 saturated carbocycles. The number of ketones is 1. The first-order chi connectivity index (χ1) is 12.0. The number of ether oxygens (including phenoxy) is 1. The van der Waals surface area contributed by atoms with E-state index in [-0.39, 0.29) is 24.7 Å². The molecule has 5 nitrogen and oxygen atoms in total. The lowest BCUT2D eigenvalue weighted by molar-refractivity contribution is -0.147. The average molecular weight is 422 g/mol. The zero-order chi connectivity index (χ0) is 17.8. The number of carbonyl (C=O) groups excluding carboxylic acids is 3. The molecule has 3 rings (SSSR count). The number of rotatable bonds is 6. The maximum absolute atomic E-state index is 12.2. The molecule has 25 heavy (non-hydrogen) atoms. The van der Waals surface area contributed by atoms with E-state index >= 15 is 0 Å². The second-order valence-corrected chi connectivity index (χ2v) is 8.26. The van der Waals surface area contributed by atoms with Gasteiger partial charge in [-0.2, -0.15) is 0 Å². The van der Waals surface area contributed by atoms with E-state index < -0.39 is 11.9 Å². The number of Topliss-reactive ketones (excluding diaryl/α,β-unsaturated/α-hetero) is 1. The Labute approximate surface area is 157 Å². The molecule has 1 saturated heterocycles. The molecule has 7 heteroatoms. The zero-order valence-corrected chi connectivity index (χ0v) is 15.7. The SMILES string of the molecule is O=C(COC(=O)C1CC(=O)N(Cc2ccccc2)C1)c1ccc(Br)s1. The van der Waals surface area contributed by atoms with Crippen LogP contribution in [0.1, 0.15) is 21.7 Å². The number of halogens is 1. The van der Waals surface area contributed by atoms with Crippen molar-refractivity contribution in [2.24, 2.45) is 5.92 Å². The summed E-state index contributed by atoms with van der Waals surface area (Å²) in [7, 11) is 0. The van der Waals surface area contributed by atoms with Crippen molar-refractivity contribution in [3.8, 4) is 0 Å². The van der Waals surface area contributed by atoms with Gasteiger partial charge < -0.3 is 9.64 Å². The molecule has 1 aromatic carbocycles. The summed E-state index contributed by atoms with van der Waals surface area (Å²) in [4.78, 5) is 38.4. The molecule has 0 radical (unpaired) electrons. The van der Waals surface area contributed by atoms with Crippen molar-refractivity contribution in [1.82, 2.24) is 4.90 Å². The summed E-state index contributed by atoms with van der Waals surface area (Å²) >= 11 is 4.59. The van der Waals surface area contributed by atoms with Crippen LogP contribution in [0.3, 0.4) is 0 Å². The molecule has 1 unspecified atom stereocenters. The van der Waals surface area contributed by atoms with Crippen LogP contribution in [-0.4, -0.2) is 35.7 Å². The Morgan fingerprint density at radius 1 is 1.20 bits per heavy atom. The van der Waals surface area contributed by atoms with Gasteiger partial charge in [-0.05, 0) is 33.6 Å². The highest BCUT2D eigenvalue weighted by atomic mass is 79.9. The van der Waals surface area contributed by atoms with Gasteiger partial charge in [-0.15, -0.1) is 11.3 Å². The quantitative estimate of drug-likeness (QED) is 0.530. The van der Waals surface area contributed by atoms with Gasteiger partial charge in [-0.1, -0.05) is 30.3 Å². The summed E-state index contributed by atoms with van der Waals surface area (Å²) in [5.41, 5.74) is 1.02. The maximum Gasteiger partial charge on any atom is 0.311 e. The standard InChI is InChI=1S/C18H16BrNO4S/c19-16-7-6-15(25-16)14(21)11-24-18(23)13-8-17(22)20(10-13)9-12-4-2-1-3-5-12/h1-7,13H,8-11H2. The van der Waals surface area contributed by atoms with Crippen molar-refractivity contribution in [2.45, 2.75) is 13.0 Å². The predicted molar refractivity (Wildman–Crippen MR) is 97.3 cm³/mol. The summed E-state index contributed by atoms with van der Waals surface area (Å²) in [5.74, 6) is -1.32. The minimum atomic E-state index is -0.515. The van der Waals surface area contributed by atoms with Gasteiger partial charge in [0.15, 0.2) is 6.61 Å². The van der Waals surface area contributed by atoms with Gasteiger partial charge >= 0.3 is 5.97 Å². The molecular weight excluding hydrogens is 406 g/mol. The minimum Gasteiger partial charge on any atom is -0.457 e. The molecule has 1 aromatic heterocycles. The molecule has 2 aromatic rings. The van der Waals surface area contributed by atoms with Crippen LogP contribution in [-0.2, 0) is 20.9 Å². The molecule has 1 amide bonds. The number of esters is 1. The lowest BCUT2D eigenvalue weighted by Crippen LogP contribution is -2.27. The summed E-state index contributed by atoms with van der Waals surface area (Å²) < 4.78 is 5.97. The maximum atomic E-state index is 12.2. The highest BCUT2D eigenvalue weighted by Gasteiger charge is 2.35. The monoisotopic (exact) mass is 421 g/mol. The number of nitrogens with zero attached hydrogens (tertiary/aromatic N) is 1. The lowest BCUT2D eigenvalue weighted by Gasteiger charge is -2.16. The number of benzene rings is 1. The molecular formula is C18H16BrNO4S. The fourth-order valence-electron chi connectivity index (χ4n) is 2.68. The second-order valence-electron chi connectivity index (χ2n) is 5.80. The van der Waals surface area contributed by atoms with Crippen LogP contribution in [0.4, 0.5) is 0 Å². The van der Waals surface area contributed by atoms with Gasteiger partial charge in [0, 0.05) is 19.5 Å². The van der Waals surface area contributed by atoms with E-state index in [1.165, 1.54) is 11.3 Å². The Morgan fingerprint density at radius 3 is 2.64 bits per heavy atom. The molecule has 0 spiro atoms. The van der Waals surface area contributed by atoms with E-state index in [9.17, 15) is 14.4 Å². The molecule has 2 heterocycles. The van der Waals surface area contributed by atoms with Crippen LogP contribution in [0.2, 0.25) is 0 Å². The van der Waals surface area contributed by atoms with E-state index in [1.807, 2.05) is 30.3 Å². The first-order valence-electron chi connectivity index (χ1n) is 7.80. The van der Waals surface area contributed by atoms with Crippen molar-refractivity contribution in [1.29, 1.82) is 0 Å². The largest absolute Gasteiger partial charge is 0.457 e. The van der Waals surface area contributed by atoms with E-state index in [0.717, 1.165) is 9.35 Å². The van der Waals surface area contributed by atoms with Crippen molar-refractivity contribution in [3.63, 3.8) is 0 Å². The van der Waals surface area contributed by atoms with E-state index in [1.54, 1.807) is 17.0 Å². The molecule has 130 valence electrons. The predicted octanol–water partition coefficient (Wildman–Crippen LogP) is 3.29. The topological polar surface area (TPSA) is 63.7 Å². The number of carbonyl (C=O) groups is 3. The molecule has 1 aliphatic heterocycles. The Kier molecular flexibility index (Phi) is 5.65. The molecule has 1 fully saturated rings. The number of hydrogen-bond acceptors (Lipinski definition) is 5. The summed E-state index contributed by atoms with van der Waals surface area (Å²) in [6.07, 6.45) is 0.129. The van der Waals surface area contributed by atoms with Crippen molar-refractivity contribution in [3.05, 3.63) is 56.7 Å². The van der Waals surface area contributed by atoms with E-state index in [4.69, 9.17) is 4.74 Å². The molecule has 0 N–H and O–H groups in total. The Balaban J connectivity index is 1.51. The lowest BCUT2D eigenvalue weighted by atomic mass is 10.1. The van der Waals surface area contributed by atoms with E-state index in [2.05, 4.69) is 15.9 Å². The van der Waals surface area contributed by atoms with Crippen LogP contribution in [0.25, 0.3) is 0 Å². The van der Waals surface area contributed by atoms with Gasteiger partial charge in [0.25, 0.3) is 0 Å². The average Bonchev–Trinajstić information content (AvgIpc) is 3.20. The summed E-state index contributed by atoms with van der Waals surface area (Å²) in [6.45, 7) is 0.506. The van der Waals surface area contributed by atoms with Crippen LogP contribution >= 0.6 is 27.3 Å². The fraction of sp³-hybridized carbons (Fsp3) is 0.278. The molecule has 1 aliphatic rings. The highest BCUT2D eigenvalue weighted by Crippen LogP contribution is 2.24. The first-order valence-corrected chi connectivity index (χ1v) is 9.41. The zero-order valence-electron chi connectivity index (χ0n) is 13.3. The Morgan fingerprint density at radius 2 is 1.96 bits per heavy atom. The molecule has 0 bridgehead atoms. The van der Waals surface area contributed by atoms with Gasteiger partial charge in [0.1, 0.15) is 0 Å². The Bertz CT molecular complexity index is 789. The van der Waals surface area contributed by atoms with Gasteiger partial charge in [0.05, 0.1) is 14.6 Å². The van der Waals surface area contributed by atoms with Crippen LogP contribution < -0.4 is 0 Å². The normalized spacial score (nSPS) is 16.9. The van der Waals surface area contributed by atoms with Crippen LogP contribution in [0, 0.1) is 5.92 Å². The third-order valence-electron chi connectivity index (χ3n) is 3.96. The van der Waals surface area contributed by atoms with Crippen LogP contribution in [0.5, 0.6) is 0 Å². The number of amides is 1. The minimum absolute atomic E-state index is 0.0701. The highest BCUT2D eigenvalue weighted by molar-refractivity contribution is 9.11. The number of likely N-dealkylation sites (tertiary alicyclic amines) is 1. The summed E-state index contributed by atoms with van der Waals surface area (Å²) in [6, 6.07) is 13.1. The Hall–Kier alpha value is -1.99. The van der Waals surface area contributed by atoms with Crippen molar-refractivity contribution in [2.75, 3.05) is 13.2 Å². The fourth-order valence-corrected chi connectivity index (χ4v) is 3.99. The van der Waals surface area contributed by atoms with Gasteiger partial charge in [-0.25, -0.2) is 0 Å². The molecule has 1 atom stereocenters. The smallest absolute Gasteiger partial charge is 0.311 e. The third-order valence-corrected chi connectivity index (χ3v) is 5.62. The second kappa shape index (κ2) is 7.93. The van der Waals surface area contributed by atoms with Gasteiger partial charge in [0.2, 0.25) is 11.7 Å². The van der Waals surface area contributed by atoms with Crippen molar-refractivity contribution >= 4 is 44.9 Å².